The second kappa shape index (κ2) is 8.62. The Hall–Kier alpha value is -1.96. The van der Waals surface area contributed by atoms with Crippen LogP contribution in [0.5, 0.6) is 0 Å². The topological polar surface area (TPSA) is 75.3 Å². The number of sulfonamides is 1. The van der Waals surface area contributed by atoms with E-state index in [1.807, 2.05) is 13.0 Å². The molecule has 2 rings (SSSR count). The van der Waals surface area contributed by atoms with Crippen LogP contribution in [0.1, 0.15) is 16.7 Å². The summed E-state index contributed by atoms with van der Waals surface area (Å²) >= 11 is 5.88. The second-order valence-corrected chi connectivity index (χ2v) is 8.04. The first-order valence-electron chi connectivity index (χ1n) is 7.97. The molecule has 0 saturated carbocycles. The largest absolute Gasteiger partial charge is 0.354 e. The maximum atomic E-state index is 13.7. The molecule has 0 radical (unpaired) electrons. The van der Waals surface area contributed by atoms with E-state index in [9.17, 15) is 17.6 Å². The Morgan fingerprint density at radius 1 is 1.15 bits per heavy atom. The zero-order chi connectivity index (χ0) is 19.3. The van der Waals surface area contributed by atoms with Crippen LogP contribution in [-0.2, 0) is 21.2 Å². The van der Waals surface area contributed by atoms with Gasteiger partial charge in [0.2, 0.25) is 15.9 Å². The molecule has 2 N–H and O–H groups in total. The molecule has 0 spiro atoms. The molecular weight excluding hydrogens is 379 g/mol. The molecular formula is C18H20ClFN2O3S. The van der Waals surface area contributed by atoms with Crippen molar-refractivity contribution in [3.05, 3.63) is 63.9 Å². The second-order valence-electron chi connectivity index (χ2n) is 5.89. The highest BCUT2D eigenvalue weighted by molar-refractivity contribution is 7.89. The molecule has 26 heavy (non-hydrogen) atoms. The van der Waals surface area contributed by atoms with Crippen molar-refractivity contribution in [3.8, 4) is 0 Å². The van der Waals surface area contributed by atoms with Crippen LogP contribution < -0.4 is 10.0 Å². The molecule has 0 aliphatic heterocycles. The molecule has 140 valence electrons. The fourth-order valence-corrected chi connectivity index (χ4v) is 3.98. The van der Waals surface area contributed by atoms with E-state index in [-0.39, 0.29) is 35.0 Å². The lowest BCUT2D eigenvalue weighted by Crippen LogP contribution is -2.35. The number of halogens is 2. The minimum Gasteiger partial charge on any atom is -0.354 e. The van der Waals surface area contributed by atoms with E-state index >= 15 is 0 Å². The van der Waals surface area contributed by atoms with E-state index in [1.54, 1.807) is 19.1 Å². The number of amides is 1. The van der Waals surface area contributed by atoms with Gasteiger partial charge in [0.25, 0.3) is 0 Å². The Morgan fingerprint density at radius 2 is 1.88 bits per heavy atom. The van der Waals surface area contributed by atoms with Gasteiger partial charge in [-0.25, -0.2) is 17.5 Å². The van der Waals surface area contributed by atoms with Gasteiger partial charge in [-0.3, -0.25) is 4.79 Å². The van der Waals surface area contributed by atoms with Crippen LogP contribution in [0, 0.1) is 19.7 Å². The molecule has 5 nitrogen and oxygen atoms in total. The number of rotatable bonds is 7. The number of benzene rings is 2. The lowest BCUT2D eigenvalue weighted by molar-refractivity contribution is -0.120. The van der Waals surface area contributed by atoms with E-state index in [4.69, 9.17) is 11.6 Å². The fraction of sp³-hybridized carbons (Fsp3) is 0.278. The molecule has 0 aliphatic carbocycles. The molecule has 8 heteroatoms. The van der Waals surface area contributed by atoms with Crippen molar-refractivity contribution in [1.29, 1.82) is 0 Å². The van der Waals surface area contributed by atoms with Crippen molar-refractivity contribution in [3.63, 3.8) is 0 Å². The number of carbonyl (C=O) groups excluding carboxylic acids is 1. The third-order valence-electron chi connectivity index (χ3n) is 3.77. The van der Waals surface area contributed by atoms with Crippen LogP contribution >= 0.6 is 11.6 Å². The Bertz CT molecular complexity index is 896. The summed E-state index contributed by atoms with van der Waals surface area (Å²) < 4.78 is 40.8. The van der Waals surface area contributed by atoms with E-state index in [1.165, 1.54) is 18.2 Å². The minimum absolute atomic E-state index is 0.0203. The standard InChI is InChI=1S/C18H20ClFN2O3S/c1-12-6-7-13(2)17(10-12)26(24,25)22-9-8-21-18(23)11-14-15(19)4-3-5-16(14)20/h3-7,10,22H,8-9,11H2,1-2H3,(H,21,23). The van der Waals surface area contributed by atoms with Crippen molar-refractivity contribution in [2.75, 3.05) is 13.1 Å². The third-order valence-corrected chi connectivity index (χ3v) is 5.73. The molecule has 0 bridgehead atoms. The number of nitrogens with one attached hydrogen (secondary N) is 2. The van der Waals surface area contributed by atoms with Gasteiger partial charge >= 0.3 is 0 Å². The normalized spacial score (nSPS) is 11.4. The zero-order valence-corrected chi connectivity index (χ0v) is 16.0. The fourth-order valence-electron chi connectivity index (χ4n) is 2.39. The first kappa shape index (κ1) is 20.4. The van der Waals surface area contributed by atoms with Gasteiger partial charge in [-0.15, -0.1) is 0 Å². The van der Waals surface area contributed by atoms with Crippen molar-refractivity contribution in [1.82, 2.24) is 10.0 Å². The third kappa shape index (κ3) is 5.27. The molecule has 1 amide bonds. The van der Waals surface area contributed by atoms with Gasteiger partial charge in [0.15, 0.2) is 0 Å². The quantitative estimate of drug-likeness (QED) is 0.704. The predicted molar refractivity (Wildman–Crippen MR) is 99.2 cm³/mol. The summed E-state index contributed by atoms with van der Waals surface area (Å²) in [5.74, 6) is -0.994. The number of carbonyl (C=O) groups is 1. The lowest BCUT2D eigenvalue weighted by Gasteiger charge is -2.11. The van der Waals surface area contributed by atoms with Crippen LogP contribution in [0.4, 0.5) is 4.39 Å². The van der Waals surface area contributed by atoms with Crippen molar-refractivity contribution in [2.24, 2.45) is 0 Å². The van der Waals surface area contributed by atoms with E-state index < -0.39 is 21.7 Å². The molecule has 0 atom stereocenters. The summed E-state index contributed by atoms with van der Waals surface area (Å²) in [6, 6.07) is 9.36. The Morgan fingerprint density at radius 3 is 2.58 bits per heavy atom. The Kier molecular flexibility index (Phi) is 6.75. The monoisotopic (exact) mass is 398 g/mol. The molecule has 0 aromatic heterocycles. The first-order chi connectivity index (χ1) is 12.2. The highest BCUT2D eigenvalue weighted by atomic mass is 35.5. The smallest absolute Gasteiger partial charge is 0.240 e. The van der Waals surface area contributed by atoms with Crippen LogP contribution in [0.25, 0.3) is 0 Å². The zero-order valence-electron chi connectivity index (χ0n) is 14.5. The van der Waals surface area contributed by atoms with Crippen molar-refractivity contribution >= 4 is 27.5 Å². The first-order valence-corrected chi connectivity index (χ1v) is 9.83. The van der Waals surface area contributed by atoms with Crippen LogP contribution in [0.15, 0.2) is 41.3 Å². The van der Waals surface area contributed by atoms with Gasteiger partial charge in [0.05, 0.1) is 11.3 Å². The van der Waals surface area contributed by atoms with E-state index in [0.29, 0.717) is 5.56 Å². The van der Waals surface area contributed by atoms with E-state index in [2.05, 4.69) is 10.0 Å². The van der Waals surface area contributed by atoms with Crippen LogP contribution in [0.2, 0.25) is 5.02 Å². The van der Waals surface area contributed by atoms with Crippen LogP contribution in [0.3, 0.4) is 0 Å². The summed E-state index contributed by atoms with van der Waals surface area (Å²) in [4.78, 5) is 12.1. The summed E-state index contributed by atoms with van der Waals surface area (Å²) in [7, 11) is -3.67. The number of hydrogen-bond acceptors (Lipinski definition) is 3. The van der Waals surface area contributed by atoms with Crippen molar-refractivity contribution in [2.45, 2.75) is 25.2 Å². The van der Waals surface area contributed by atoms with Crippen LogP contribution in [-0.4, -0.2) is 27.4 Å². The Labute approximate surface area is 157 Å². The van der Waals surface area contributed by atoms with Gasteiger partial charge in [-0.05, 0) is 43.2 Å². The predicted octanol–water partition coefficient (Wildman–Crippen LogP) is 2.73. The van der Waals surface area contributed by atoms with Gasteiger partial charge in [-0.1, -0.05) is 29.8 Å². The molecule has 0 fully saturated rings. The summed E-state index contributed by atoms with van der Waals surface area (Å²) in [6.45, 7) is 3.63. The van der Waals surface area contributed by atoms with Crippen molar-refractivity contribution < 1.29 is 17.6 Å². The molecule has 0 aliphatic rings. The van der Waals surface area contributed by atoms with Gasteiger partial charge in [0, 0.05) is 23.7 Å². The summed E-state index contributed by atoms with van der Waals surface area (Å²) in [5, 5.41) is 2.72. The Balaban J connectivity index is 1.88. The van der Waals surface area contributed by atoms with E-state index in [0.717, 1.165) is 5.56 Å². The molecule has 0 unspecified atom stereocenters. The van der Waals surface area contributed by atoms with Gasteiger partial charge < -0.3 is 5.32 Å². The maximum absolute atomic E-state index is 13.7. The average molecular weight is 399 g/mol. The minimum atomic E-state index is -3.67. The molecule has 2 aromatic rings. The molecule has 0 saturated heterocycles. The highest BCUT2D eigenvalue weighted by Gasteiger charge is 2.17. The summed E-state index contributed by atoms with van der Waals surface area (Å²) in [6.07, 6.45) is -0.213. The SMILES string of the molecule is Cc1ccc(C)c(S(=O)(=O)NCCNC(=O)Cc2c(F)cccc2Cl)c1. The summed E-state index contributed by atoms with van der Waals surface area (Å²) in [5.41, 5.74) is 1.59. The maximum Gasteiger partial charge on any atom is 0.240 e. The highest BCUT2D eigenvalue weighted by Crippen LogP contribution is 2.19. The number of hydrogen-bond donors (Lipinski definition) is 2. The van der Waals surface area contributed by atoms with Gasteiger partial charge in [-0.2, -0.15) is 0 Å². The average Bonchev–Trinajstić information content (AvgIpc) is 2.57. The lowest BCUT2D eigenvalue weighted by atomic mass is 10.1. The molecule has 2 aromatic carbocycles. The van der Waals surface area contributed by atoms with Gasteiger partial charge in [0.1, 0.15) is 5.82 Å². The molecule has 0 heterocycles. The number of aryl methyl sites for hydroxylation is 2.